The first kappa shape index (κ1) is 16.5. The molecule has 0 saturated carbocycles. The Kier molecular flexibility index (Phi) is 5.36. The largest absolute Gasteiger partial charge is 0.483 e. The SMILES string of the molecule is CC(=O)Oc1cccc(NC(=O)COc2cc(C)ccc2C)c1. The molecule has 2 aromatic carbocycles. The average molecular weight is 313 g/mol. The van der Waals surface area contributed by atoms with E-state index in [4.69, 9.17) is 9.47 Å². The quantitative estimate of drug-likeness (QED) is 0.680. The summed E-state index contributed by atoms with van der Waals surface area (Å²) in [4.78, 5) is 22.9. The maximum absolute atomic E-state index is 12.0. The van der Waals surface area contributed by atoms with E-state index in [2.05, 4.69) is 5.32 Å². The van der Waals surface area contributed by atoms with Crippen LogP contribution in [0.2, 0.25) is 0 Å². The highest BCUT2D eigenvalue weighted by Gasteiger charge is 2.07. The van der Waals surface area contributed by atoms with Gasteiger partial charge in [0.2, 0.25) is 0 Å². The van der Waals surface area contributed by atoms with Gasteiger partial charge in [-0.15, -0.1) is 0 Å². The number of rotatable bonds is 5. The molecule has 0 aromatic heterocycles. The lowest BCUT2D eigenvalue weighted by molar-refractivity contribution is -0.131. The molecule has 2 rings (SSSR count). The minimum absolute atomic E-state index is 0.0952. The molecule has 0 atom stereocenters. The molecule has 0 aliphatic rings. The molecule has 0 aliphatic heterocycles. The van der Waals surface area contributed by atoms with E-state index >= 15 is 0 Å². The standard InChI is InChI=1S/C18H19NO4/c1-12-7-8-13(2)17(9-12)22-11-18(21)19-15-5-4-6-16(10-15)23-14(3)20/h4-10H,11H2,1-3H3,(H,19,21). The molecule has 0 unspecified atom stereocenters. The van der Waals surface area contributed by atoms with Crippen LogP contribution in [0.3, 0.4) is 0 Å². The van der Waals surface area contributed by atoms with E-state index < -0.39 is 5.97 Å². The third-order valence-corrected chi connectivity index (χ3v) is 3.08. The first-order valence-electron chi connectivity index (χ1n) is 7.22. The van der Waals surface area contributed by atoms with Crippen molar-refractivity contribution in [2.75, 3.05) is 11.9 Å². The number of nitrogens with one attached hydrogen (secondary N) is 1. The molecule has 0 heterocycles. The van der Waals surface area contributed by atoms with Gasteiger partial charge >= 0.3 is 5.97 Å². The van der Waals surface area contributed by atoms with E-state index in [9.17, 15) is 9.59 Å². The van der Waals surface area contributed by atoms with Gasteiger partial charge in [-0.1, -0.05) is 18.2 Å². The molecule has 0 radical (unpaired) electrons. The number of amides is 1. The molecule has 5 heteroatoms. The van der Waals surface area contributed by atoms with Crippen LogP contribution in [0.25, 0.3) is 0 Å². The molecule has 120 valence electrons. The highest BCUT2D eigenvalue weighted by Crippen LogP contribution is 2.20. The summed E-state index contributed by atoms with van der Waals surface area (Å²) in [7, 11) is 0. The maximum Gasteiger partial charge on any atom is 0.308 e. The van der Waals surface area contributed by atoms with Crippen molar-refractivity contribution in [2.24, 2.45) is 0 Å². The Balaban J connectivity index is 1.94. The molecule has 0 fully saturated rings. The van der Waals surface area contributed by atoms with Gasteiger partial charge in [-0.25, -0.2) is 0 Å². The average Bonchev–Trinajstić information content (AvgIpc) is 2.48. The van der Waals surface area contributed by atoms with Crippen molar-refractivity contribution in [1.82, 2.24) is 0 Å². The van der Waals surface area contributed by atoms with Crippen LogP contribution in [0.1, 0.15) is 18.1 Å². The van der Waals surface area contributed by atoms with Crippen molar-refractivity contribution in [1.29, 1.82) is 0 Å². The summed E-state index contributed by atoms with van der Waals surface area (Å²) >= 11 is 0. The van der Waals surface area contributed by atoms with Gasteiger partial charge in [-0.2, -0.15) is 0 Å². The van der Waals surface area contributed by atoms with Crippen molar-refractivity contribution < 1.29 is 19.1 Å². The maximum atomic E-state index is 12.0. The van der Waals surface area contributed by atoms with Gasteiger partial charge < -0.3 is 14.8 Å². The van der Waals surface area contributed by atoms with E-state index in [1.54, 1.807) is 24.3 Å². The highest BCUT2D eigenvalue weighted by molar-refractivity contribution is 5.92. The van der Waals surface area contributed by atoms with Gasteiger partial charge in [0.1, 0.15) is 11.5 Å². The Labute approximate surface area is 135 Å². The molecule has 5 nitrogen and oxygen atoms in total. The molecular formula is C18H19NO4. The summed E-state index contributed by atoms with van der Waals surface area (Å²) in [5, 5.41) is 2.70. The number of benzene rings is 2. The van der Waals surface area contributed by atoms with E-state index in [1.807, 2.05) is 32.0 Å². The van der Waals surface area contributed by atoms with Gasteiger partial charge in [-0.05, 0) is 43.2 Å². The van der Waals surface area contributed by atoms with Gasteiger partial charge in [-0.3, -0.25) is 9.59 Å². The molecule has 0 bridgehead atoms. The smallest absolute Gasteiger partial charge is 0.308 e. The fourth-order valence-corrected chi connectivity index (χ4v) is 2.01. The Morgan fingerprint density at radius 2 is 1.87 bits per heavy atom. The van der Waals surface area contributed by atoms with Gasteiger partial charge in [0.15, 0.2) is 6.61 Å². The van der Waals surface area contributed by atoms with Crippen LogP contribution in [0.5, 0.6) is 11.5 Å². The summed E-state index contributed by atoms with van der Waals surface area (Å²) in [6, 6.07) is 12.5. The molecule has 23 heavy (non-hydrogen) atoms. The number of ether oxygens (including phenoxy) is 2. The van der Waals surface area contributed by atoms with Crippen LogP contribution in [0.15, 0.2) is 42.5 Å². The predicted octanol–water partition coefficient (Wildman–Crippen LogP) is 3.25. The summed E-state index contributed by atoms with van der Waals surface area (Å²) < 4.78 is 10.5. The second-order valence-corrected chi connectivity index (χ2v) is 5.23. The van der Waals surface area contributed by atoms with Crippen molar-refractivity contribution in [3.8, 4) is 11.5 Å². The van der Waals surface area contributed by atoms with E-state index in [0.29, 0.717) is 17.2 Å². The number of carbonyl (C=O) groups is 2. The minimum atomic E-state index is -0.410. The molecule has 0 spiro atoms. The lowest BCUT2D eigenvalue weighted by Crippen LogP contribution is -2.20. The van der Waals surface area contributed by atoms with E-state index in [-0.39, 0.29) is 12.5 Å². The molecule has 0 saturated heterocycles. The molecular weight excluding hydrogens is 294 g/mol. The van der Waals surface area contributed by atoms with Crippen molar-refractivity contribution in [2.45, 2.75) is 20.8 Å². The summed E-state index contributed by atoms with van der Waals surface area (Å²) in [5.74, 6) is 0.372. The lowest BCUT2D eigenvalue weighted by atomic mass is 10.1. The molecule has 2 aromatic rings. The summed E-state index contributed by atoms with van der Waals surface area (Å²) in [6.45, 7) is 5.12. The Hall–Kier alpha value is -2.82. The van der Waals surface area contributed by atoms with Crippen LogP contribution in [-0.2, 0) is 9.59 Å². The van der Waals surface area contributed by atoms with Crippen LogP contribution >= 0.6 is 0 Å². The third kappa shape index (κ3) is 5.14. The number of hydrogen-bond acceptors (Lipinski definition) is 4. The Bertz CT molecular complexity index is 725. The predicted molar refractivity (Wildman–Crippen MR) is 87.8 cm³/mol. The van der Waals surface area contributed by atoms with Crippen LogP contribution in [-0.4, -0.2) is 18.5 Å². The first-order valence-corrected chi connectivity index (χ1v) is 7.22. The van der Waals surface area contributed by atoms with Crippen molar-refractivity contribution in [3.63, 3.8) is 0 Å². The van der Waals surface area contributed by atoms with Crippen molar-refractivity contribution in [3.05, 3.63) is 53.6 Å². The van der Waals surface area contributed by atoms with Crippen LogP contribution in [0.4, 0.5) is 5.69 Å². The first-order chi connectivity index (χ1) is 10.9. The number of carbonyl (C=O) groups excluding carboxylic acids is 2. The lowest BCUT2D eigenvalue weighted by Gasteiger charge is -2.11. The van der Waals surface area contributed by atoms with Crippen molar-refractivity contribution >= 4 is 17.6 Å². The molecule has 1 amide bonds. The number of esters is 1. The van der Waals surface area contributed by atoms with Crippen LogP contribution < -0.4 is 14.8 Å². The fourth-order valence-electron chi connectivity index (χ4n) is 2.01. The molecule has 0 aliphatic carbocycles. The second kappa shape index (κ2) is 7.45. The summed E-state index contributed by atoms with van der Waals surface area (Å²) in [5.41, 5.74) is 2.58. The number of aryl methyl sites for hydroxylation is 2. The Morgan fingerprint density at radius 1 is 1.09 bits per heavy atom. The van der Waals surface area contributed by atoms with Gasteiger partial charge in [0, 0.05) is 18.7 Å². The topological polar surface area (TPSA) is 64.6 Å². The summed E-state index contributed by atoms with van der Waals surface area (Å²) in [6.07, 6.45) is 0. The third-order valence-electron chi connectivity index (χ3n) is 3.08. The van der Waals surface area contributed by atoms with Gasteiger partial charge in [0.05, 0.1) is 0 Å². The zero-order valence-electron chi connectivity index (χ0n) is 13.4. The highest BCUT2D eigenvalue weighted by atomic mass is 16.5. The minimum Gasteiger partial charge on any atom is -0.483 e. The fraction of sp³-hybridized carbons (Fsp3) is 0.222. The van der Waals surface area contributed by atoms with Crippen LogP contribution in [0, 0.1) is 13.8 Å². The van der Waals surface area contributed by atoms with Gasteiger partial charge in [0.25, 0.3) is 5.91 Å². The number of anilines is 1. The normalized spacial score (nSPS) is 10.0. The molecule has 1 N–H and O–H groups in total. The number of hydrogen-bond donors (Lipinski definition) is 1. The van der Waals surface area contributed by atoms with E-state index in [0.717, 1.165) is 11.1 Å². The Morgan fingerprint density at radius 3 is 2.61 bits per heavy atom. The van der Waals surface area contributed by atoms with E-state index in [1.165, 1.54) is 6.92 Å². The zero-order valence-corrected chi connectivity index (χ0v) is 13.4. The monoisotopic (exact) mass is 313 g/mol. The second-order valence-electron chi connectivity index (χ2n) is 5.23. The zero-order chi connectivity index (χ0) is 16.8.